The maximum absolute atomic E-state index is 4.54. The van der Waals surface area contributed by atoms with Crippen molar-refractivity contribution >= 4 is 0 Å². The van der Waals surface area contributed by atoms with E-state index in [0.29, 0.717) is 0 Å². The summed E-state index contributed by atoms with van der Waals surface area (Å²) in [5, 5.41) is 0. The van der Waals surface area contributed by atoms with E-state index in [2.05, 4.69) is 18.6 Å². The Hall–Kier alpha value is -0.0400. The van der Waals surface area contributed by atoms with Crippen LogP contribution in [0.5, 0.6) is 0 Å². The van der Waals surface area contributed by atoms with Crippen LogP contribution < -0.4 is 0 Å². The highest BCUT2D eigenvalue weighted by Crippen LogP contribution is 1.56. The SMILES string of the molecule is C.CCC.CCOC. The highest BCUT2D eigenvalue weighted by molar-refractivity contribution is 3.94. The molecule has 0 rings (SSSR count). The van der Waals surface area contributed by atoms with Gasteiger partial charge >= 0.3 is 0 Å². The van der Waals surface area contributed by atoms with Crippen molar-refractivity contribution in [2.24, 2.45) is 0 Å². The van der Waals surface area contributed by atoms with Gasteiger partial charge in [0.15, 0.2) is 0 Å². The van der Waals surface area contributed by atoms with Gasteiger partial charge in [-0.05, 0) is 6.92 Å². The zero-order chi connectivity index (χ0) is 6.12. The average molecular weight is 120 g/mol. The Morgan fingerprint density at radius 1 is 1.12 bits per heavy atom. The largest absolute Gasteiger partial charge is 0.385 e. The average Bonchev–Trinajstić information content (AvgIpc) is 1.69. The quantitative estimate of drug-likeness (QED) is 0.517. The van der Waals surface area contributed by atoms with Gasteiger partial charge in [0.05, 0.1) is 0 Å². The van der Waals surface area contributed by atoms with Gasteiger partial charge in [-0.25, -0.2) is 0 Å². The Bertz CT molecular complexity index is 11.9. The summed E-state index contributed by atoms with van der Waals surface area (Å²) in [5.74, 6) is 0. The Balaban J connectivity index is -0.0000000575. The lowest BCUT2D eigenvalue weighted by molar-refractivity contribution is 0.215. The second kappa shape index (κ2) is 28.2. The molecular formula is C7H20O. The third-order valence-electron chi connectivity index (χ3n) is 0.289. The first-order valence-electron chi connectivity index (χ1n) is 2.82. The van der Waals surface area contributed by atoms with Crippen molar-refractivity contribution in [3.63, 3.8) is 0 Å². The summed E-state index contributed by atoms with van der Waals surface area (Å²) in [4.78, 5) is 0. The highest BCUT2D eigenvalue weighted by Gasteiger charge is 1.51. The Morgan fingerprint density at radius 2 is 1.25 bits per heavy atom. The molecule has 54 valence electrons. The highest BCUT2D eigenvalue weighted by atomic mass is 16.5. The van der Waals surface area contributed by atoms with Crippen molar-refractivity contribution in [2.45, 2.75) is 34.6 Å². The van der Waals surface area contributed by atoms with Gasteiger partial charge in [0.1, 0.15) is 0 Å². The second-order valence-corrected chi connectivity index (χ2v) is 1.28. The van der Waals surface area contributed by atoms with Crippen LogP contribution >= 0.6 is 0 Å². The summed E-state index contributed by atoms with van der Waals surface area (Å²) >= 11 is 0. The van der Waals surface area contributed by atoms with E-state index in [1.54, 1.807) is 7.11 Å². The van der Waals surface area contributed by atoms with Gasteiger partial charge < -0.3 is 4.74 Å². The van der Waals surface area contributed by atoms with E-state index in [9.17, 15) is 0 Å². The van der Waals surface area contributed by atoms with Gasteiger partial charge in [0, 0.05) is 13.7 Å². The molecule has 0 spiro atoms. The molecule has 0 bridgehead atoms. The summed E-state index contributed by atoms with van der Waals surface area (Å²) in [5.41, 5.74) is 0. The maximum atomic E-state index is 4.54. The third-order valence-corrected chi connectivity index (χ3v) is 0.289. The van der Waals surface area contributed by atoms with Crippen molar-refractivity contribution in [3.05, 3.63) is 0 Å². The Kier molecular flexibility index (Phi) is 55.3. The van der Waals surface area contributed by atoms with Crippen LogP contribution in [0.4, 0.5) is 0 Å². The minimum absolute atomic E-state index is 0. The van der Waals surface area contributed by atoms with Gasteiger partial charge in [-0.2, -0.15) is 0 Å². The van der Waals surface area contributed by atoms with Gasteiger partial charge in [0.2, 0.25) is 0 Å². The molecule has 0 saturated carbocycles. The first kappa shape index (κ1) is 15.7. The summed E-state index contributed by atoms with van der Waals surface area (Å²) < 4.78 is 4.54. The number of ether oxygens (including phenoxy) is 1. The monoisotopic (exact) mass is 120 g/mol. The molecule has 0 aliphatic rings. The molecule has 0 aromatic carbocycles. The summed E-state index contributed by atoms with van der Waals surface area (Å²) in [6.07, 6.45) is 1.25. The fourth-order valence-corrected chi connectivity index (χ4v) is 0. The zero-order valence-electron chi connectivity index (χ0n) is 5.82. The molecule has 0 aliphatic carbocycles. The Morgan fingerprint density at radius 3 is 1.25 bits per heavy atom. The number of rotatable bonds is 1. The van der Waals surface area contributed by atoms with E-state index in [0.717, 1.165) is 6.61 Å². The molecule has 1 nitrogen and oxygen atoms in total. The molecule has 0 atom stereocenters. The van der Waals surface area contributed by atoms with Gasteiger partial charge in [-0.3, -0.25) is 0 Å². The van der Waals surface area contributed by atoms with Crippen molar-refractivity contribution in [3.8, 4) is 0 Å². The zero-order valence-corrected chi connectivity index (χ0v) is 5.82. The fraction of sp³-hybridized carbons (Fsp3) is 1.00. The lowest BCUT2D eigenvalue weighted by Crippen LogP contribution is -1.73. The van der Waals surface area contributed by atoms with Crippen LogP contribution in [0.25, 0.3) is 0 Å². The minimum Gasteiger partial charge on any atom is -0.385 e. The van der Waals surface area contributed by atoms with Crippen molar-refractivity contribution in [1.29, 1.82) is 0 Å². The summed E-state index contributed by atoms with van der Waals surface area (Å²) in [7, 11) is 1.68. The lowest BCUT2D eigenvalue weighted by atomic mass is 10.6. The third kappa shape index (κ3) is 159. The minimum atomic E-state index is 0. The van der Waals surface area contributed by atoms with E-state index < -0.39 is 0 Å². The number of hydrogen-bond donors (Lipinski definition) is 0. The first-order chi connectivity index (χ1) is 3.33. The van der Waals surface area contributed by atoms with Crippen LogP contribution in [0.1, 0.15) is 34.6 Å². The molecular weight excluding hydrogens is 100 g/mol. The van der Waals surface area contributed by atoms with Crippen molar-refractivity contribution in [2.75, 3.05) is 13.7 Å². The standard InChI is InChI=1S/C3H8O.C3H8.CH4/c1-3-4-2;1-3-2;/h3H2,1-2H3;3H2,1-2H3;1H4. The first-order valence-corrected chi connectivity index (χ1v) is 2.82. The van der Waals surface area contributed by atoms with Gasteiger partial charge in [0.25, 0.3) is 0 Å². The molecule has 0 heterocycles. The smallest absolute Gasteiger partial charge is 0.0433 e. The molecule has 0 radical (unpaired) electrons. The van der Waals surface area contributed by atoms with Crippen LogP contribution in [0, 0.1) is 0 Å². The fourth-order valence-electron chi connectivity index (χ4n) is 0. The number of hydrogen-bond acceptors (Lipinski definition) is 1. The predicted octanol–water partition coefficient (Wildman–Crippen LogP) is 2.71. The van der Waals surface area contributed by atoms with Gasteiger partial charge in [-0.1, -0.05) is 27.7 Å². The number of methoxy groups -OCH3 is 1. The summed E-state index contributed by atoms with van der Waals surface area (Å²) in [6, 6.07) is 0. The van der Waals surface area contributed by atoms with Crippen LogP contribution in [-0.4, -0.2) is 13.7 Å². The molecule has 0 unspecified atom stereocenters. The molecule has 8 heavy (non-hydrogen) atoms. The normalized spacial score (nSPS) is 6.00. The van der Waals surface area contributed by atoms with Crippen molar-refractivity contribution < 1.29 is 4.74 Å². The molecule has 0 amide bonds. The van der Waals surface area contributed by atoms with E-state index in [1.807, 2.05) is 6.92 Å². The van der Waals surface area contributed by atoms with Crippen LogP contribution in [0.3, 0.4) is 0 Å². The second-order valence-electron chi connectivity index (χ2n) is 1.28. The van der Waals surface area contributed by atoms with Crippen LogP contribution in [0.2, 0.25) is 0 Å². The van der Waals surface area contributed by atoms with E-state index in [-0.39, 0.29) is 7.43 Å². The van der Waals surface area contributed by atoms with E-state index in [4.69, 9.17) is 0 Å². The van der Waals surface area contributed by atoms with Gasteiger partial charge in [-0.15, -0.1) is 0 Å². The van der Waals surface area contributed by atoms with E-state index in [1.165, 1.54) is 6.42 Å². The topological polar surface area (TPSA) is 9.23 Å². The van der Waals surface area contributed by atoms with Crippen LogP contribution in [0.15, 0.2) is 0 Å². The molecule has 0 fully saturated rings. The van der Waals surface area contributed by atoms with Crippen LogP contribution in [-0.2, 0) is 4.74 Å². The Labute approximate surface area is 54.1 Å². The maximum Gasteiger partial charge on any atom is 0.0433 e. The van der Waals surface area contributed by atoms with Crippen molar-refractivity contribution in [1.82, 2.24) is 0 Å². The van der Waals surface area contributed by atoms with E-state index >= 15 is 0 Å². The molecule has 0 N–H and O–H groups in total. The molecule has 0 aromatic rings. The molecule has 1 heteroatoms. The predicted molar refractivity (Wildman–Crippen MR) is 40.2 cm³/mol. The lowest BCUT2D eigenvalue weighted by Gasteiger charge is -1.76. The molecule has 0 aromatic heterocycles. The summed E-state index contributed by atoms with van der Waals surface area (Å²) in [6.45, 7) is 7.03. The molecule has 0 saturated heterocycles. The molecule has 0 aliphatic heterocycles.